The summed E-state index contributed by atoms with van der Waals surface area (Å²) in [4.78, 5) is 31.0. The summed E-state index contributed by atoms with van der Waals surface area (Å²) in [7, 11) is 2.88. The van der Waals surface area contributed by atoms with E-state index in [-0.39, 0.29) is 29.7 Å². The summed E-state index contributed by atoms with van der Waals surface area (Å²) < 4.78 is 11.6. The van der Waals surface area contributed by atoms with Gasteiger partial charge in [0, 0.05) is 31.7 Å². The van der Waals surface area contributed by atoms with E-state index in [0.717, 1.165) is 48.9 Å². The van der Waals surface area contributed by atoms with Crippen LogP contribution in [0.5, 0.6) is 5.75 Å². The molecule has 1 saturated carbocycles. The predicted molar refractivity (Wildman–Crippen MR) is 182 cm³/mol. The topological polar surface area (TPSA) is 99.5 Å². The molecule has 1 aliphatic carbocycles. The first-order valence-electron chi connectivity index (χ1n) is 16.4. The third-order valence-electron chi connectivity index (χ3n) is 9.78. The van der Waals surface area contributed by atoms with E-state index in [4.69, 9.17) is 21.1 Å². The average Bonchev–Trinajstić information content (AvgIpc) is 3.08. The van der Waals surface area contributed by atoms with Crippen molar-refractivity contribution in [2.75, 3.05) is 38.7 Å². The molecule has 1 heterocycles. The smallest absolute Gasteiger partial charge is 0.343 e. The fraction of sp³-hybridized carbons (Fsp3) is 0.514. The summed E-state index contributed by atoms with van der Waals surface area (Å²) in [5.74, 6) is -1.40. The molecule has 0 bridgehead atoms. The number of fused-ring (bicyclic) bond motifs is 2. The van der Waals surface area contributed by atoms with Crippen molar-refractivity contribution >= 4 is 29.2 Å². The van der Waals surface area contributed by atoms with Gasteiger partial charge in [-0.15, -0.1) is 13.2 Å². The Morgan fingerprint density at radius 3 is 2.63 bits per heavy atom. The molecule has 9 heteroatoms. The lowest BCUT2D eigenvalue weighted by Gasteiger charge is -2.43. The van der Waals surface area contributed by atoms with Crippen LogP contribution in [-0.4, -0.2) is 66.9 Å². The van der Waals surface area contributed by atoms with Crippen molar-refractivity contribution in [1.82, 2.24) is 4.90 Å². The number of hydrogen-bond acceptors (Lipinski definition) is 7. The number of aliphatic hydroxyl groups is 2. The van der Waals surface area contributed by atoms with Gasteiger partial charge in [0.25, 0.3) is 0 Å². The maximum atomic E-state index is 13.7. The highest BCUT2D eigenvalue weighted by Gasteiger charge is 2.50. The summed E-state index contributed by atoms with van der Waals surface area (Å²) in [5, 5.41) is 23.6. The quantitative estimate of drug-likeness (QED) is 0.213. The second kappa shape index (κ2) is 16.0. The first-order chi connectivity index (χ1) is 22.1. The molecule has 1 amide bonds. The number of halogens is 1. The Hall–Kier alpha value is -3.33. The highest BCUT2D eigenvalue weighted by molar-refractivity contribution is 6.30. The van der Waals surface area contributed by atoms with E-state index < -0.39 is 23.6 Å². The summed E-state index contributed by atoms with van der Waals surface area (Å²) in [6, 6.07) is 11.1. The number of ether oxygens (including phenoxy) is 2. The van der Waals surface area contributed by atoms with Crippen LogP contribution in [0.3, 0.4) is 0 Å². The molecule has 46 heavy (non-hydrogen) atoms. The van der Waals surface area contributed by atoms with Gasteiger partial charge in [0.05, 0.1) is 24.8 Å². The molecule has 0 spiro atoms. The molecule has 250 valence electrons. The van der Waals surface area contributed by atoms with Gasteiger partial charge in [-0.3, -0.25) is 4.79 Å². The summed E-state index contributed by atoms with van der Waals surface area (Å²) >= 11 is 6.34. The maximum Gasteiger partial charge on any atom is 0.343 e. The Labute approximate surface area is 278 Å². The first-order valence-corrected chi connectivity index (χ1v) is 16.7. The molecule has 2 aromatic carbocycles. The third-order valence-corrected chi connectivity index (χ3v) is 10.0. The number of aliphatic hydroxyl groups excluding tert-OH is 1. The molecular weight excluding hydrogens is 604 g/mol. The molecule has 0 radical (unpaired) electrons. The number of carbonyl (C=O) groups excluding carboxylic acids is 2. The lowest BCUT2D eigenvalue weighted by Crippen LogP contribution is -2.51. The predicted octanol–water partition coefficient (Wildman–Crippen LogP) is 6.06. The zero-order valence-electron chi connectivity index (χ0n) is 27.4. The van der Waals surface area contributed by atoms with Crippen LogP contribution in [0, 0.1) is 17.8 Å². The van der Waals surface area contributed by atoms with E-state index >= 15 is 0 Å². The summed E-state index contributed by atoms with van der Waals surface area (Å²) in [5.41, 5.74) is 0.946. The Bertz CT molecular complexity index is 1400. The number of carbonyl (C=O) groups is 2. The van der Waals surface area contributed by atoms with Crippen LogP contribution in [0.1, 0.15) is 62.1 Å². The van der Waals surface area contributed by atoms with Crippen LogP contribution in [0.15, 0.2) is 61.7 Å². The highest BCUT2D eigenvalue weighted by Crippen LogP contribution is 2.43. The fourth-order valence-electron chi connectivity index (χ4n) is 6.83. The van der Waals surface area contributed by atoms with Crippen LogP contribution in [-0.2, 0) is 33.0 Å². The number of benzene rings is 2. The van der Waals surface area contributed by atoms with E-state index in [9.17, 15) is 19.8 Å². The zero-order valence-corrected chi connectivity index (χ0v) is 28.2. The van der Waals surface area contributed by atoms with E-state index in [2.05, 4.69) is 18.1 Å². The molecule has 4 rings (SSSR count). The van der Waals surface area contributed by atoms with E-state index in [1.807, 2.05) is 18.2 Å². The Morgan fingerprint density at radius 2 is 1.98 bits per heavy atom. The molecule has 2 aromatic rings. The van der Waals surface area contributed by atoms with E-state index in [1.54, 1.807) is 44.3 Å². The molecule has 8 nitrogen and oxygen atoms in total. The van der Waals surface area contributed by atoms with Crippen LogP contribution < -0.4 is 9.64 Å². The van der Waals surface area contributed by atoms with Crippen LogP contribution in [0.4, 0.5) is 5.69 Å². The molecular formula is C37H49ClN2O6. The lowest BCUT2D eigenvalue weighted by atomic mass is 9.70. The van der Waals surface area contributed by atoms with Gasteiger partial charge in [0.2, 0.25) is 5.91 Å². The number of methoxy groups -OCH3 is 1. The number of rotatable bonds is 12. The van der Waals surface area contributed by atoms with Crippen molar-refractivity contribution in [3.05, 3.63) is 83.4 Å². The van der Waals surface area contributed by atoms with Crippen LogP contribution >= 0.6 is 11.6 Å². The summed E-state index contributed by atoms with van der Waals surface area (Å²) in [6.07, 6.45) is 8.10. The Balaban J connectivity index is 1.80. The molecule has 2 aliphatic rings. The third kappa shape index (κ3) is 7.62. The van der Waals surface area contributed by atoms with Crippen molar-refractivity contribution in [1.29, 1.82) is 0 Å². The number of anilines is 1. The van der Waals surface area contributed by atoms with Gasteiger partial charge in [-0.25, -0.2) is 4.79 Å². The minimum absolute atomic E-state index is 0.106. The lowest BCUT2D eigenvalue weighted by molar-refractivity contribution is -0.176. The van der Waals surface area contributed by atoms with Gasteiger partial charge >= 0.3 is 5.97 Å². The van der Waals surface area contributed by atoms with Gasteiger partial charge in [-0.2, -0.15) is 0 Å². The molecule has 1 unspecified atom stereocenters. The maximum absolute atomic E-state index is 13.7. The number of aryl methyl sites for hydroxylation is 1. The first kappa shape index (κ1) is 35.5. The van der Waals surface area contributed by atoms with Crippen molar-refractivity contribution in [3.8, 4) is 5.75 Å². The SMILES string of the molecule is C=CCCN(C)C(=O)[C@@H](CC)C(O)(C(=O)OC)c1ccc2c(c1)N(C[C@@H]1CC[C@H]1[C@@H](O)C=C)CCCCc1cc(Cl)ccc1CO2. The zero-order chi connectivity index (χ0) is 33.4. The average molecular weight is 653 g/mol. The van der Waals surface area contributed by atoms with Crippen molar-refractivity contribution in [3.63, 3.8) is 0 Å². The van der Waals surface area contributed by atoms with Crippen LogP contribution in [0.2, 0.25) is 5.02 Å². The highest BCUT2D eigenvalue weighted by atomic mass is 35.5. The molecule has 0 saturated heterocycles. The largest absolute Gasteiger partial charge is 0.487 e. The molecule has 1 fully saturated rings. The summed E-state index contributed by atoms with van der Waals surface area (Å²) in [6.45, 7) is 11.4. The van der Waals surface area contributed by atoms with Crippen molar-refractivity contribution in [2.24, 2.45) is 17.8 Å². The second-order valence-corrected chi connectivity index (χ2v) is 13.0. The normalized spacial score (nSPS) is 20.6. The van der Waals surface area contributed by atoms with E-state index in [0.29, 0.717) is 43.4 Å². The fourth-order valence-corrected chi connectivity index (χ4v) is 7.03. The van der Waals surface area contributed by atoms with Crippen LogP contribution in [0.25, 0.3) is 0 Å². The number of esters is 1. The van der Waals surface area contributed by atoms with Gasteiger partial charge in [-0.1, -0.05) is 42.8 Å². The van der Waals surface area contributed by atoms with E-state index in [1.165, 1.54) is 12.0 Å². The standard InChI is InChI=1S/C37H49ClN2O6/c1-6-9-19-39(4)35(42)31(7-2)37(44,36(43)45-5)28-15-18-34-32(22-28)40(23-26-14-17-30(26)33(41)8-3)20-11-10-12-25-21-29(38)16-13-27(25)24-46-34/h6,8,13,15-16,18,21-22,26,30-31,33,41,44H,1,3,7,9-12,14,17,19-20,23-24H2,2,4-5H3/t26-,30+,31+,33-,37?/m0/s1. The van der Waals surface area contributed by atoms with Gasteiger partial charge in [0.1, 0.15) is 12.4 Å². The molecule has 1 aliphatic heterocycles. The minimum Gasteiger partial charge on any atom is -0.487 e. The molecule has 0 aromatic heterocycles. The second-order valence-electron chi connectivity index (χ2n) is 12.6. The van der Waals surface area contributed by atoms with Gasteiger partial charge in [0.15, 0.2) is 5.60 Å². The molecule has 2 N–H and O–H groups in total. The Morgan fingerprint density at radius 1 is 1.20 bits per heavy atom. The molecule has 5 atom stereocenters. The number of nitrogens with zero attached hydrogens (tertiary/aromatic N) is 2. The van der Waals surface area contributed by atoms with Crippen molar-refractivity contribution in [2.45, 2.75) is 70.2 Å². The van der Waals surface area contributed by atoms with Crippen molar-refractivity contribution < 1.29 is 29.3 Å². The number of amides is 1. The Kier molecular flexibility index (Phi) is 12.3. The monoisotopic (exact) mass is 652 g/mol. The van der Waals surface area contributed by atoms with Gasteiger partial charge < -0.3 is 29.5 Å². The minimum atomic E-state index is -2.24. The van der Waals surface area contributed by atoms with Gasteiger partial charge in [-0.05, 0) is 97.7 Å². The number of hydrogen-bond donors (Lipinski definition) is 2.